The number of allylic oxidation sites excluding steroid dienone is 1. The first kappa shape index (κ1) is 17.5. The normalized spacial score (nSPS) is 10.5. The molecule has 0 saturated heterocycles. The summed E-state index contributed by atoms with van der Waals surface area (Å²) in [5, 5.41) is 0.791. The maximum atomic E-state index is 12.1. The second kappa shape index (κ2) is 7.70. The molecule has 0 saturated carbocycles. The van der Waals surface area contributed by atoms with E-state index in [9.17, 15) is 9.59 Å². The molecule has 0 aliphatic rings. The average molecular weight is 350 g/mol. The first-order valence-electron chi connectivity index (χ1n) is 8.13. The first-order chi connectivity index (χ1) is 12.6. The molecule has 1 aromatic heterocycles. The van der Waals surface area contributed by atoms with Crippen molar-refractivity contribution < 1.29 is 18.7 Å². The zero-order valence-corrected chi connectivity index (χ0v) is 14.4. The Balaban J connectivity index is 1.70. The number of para-hydroxylation sites is 1. The highest BCUT2D eigenvalue weighted by Gasteiger charge is 2.10. The molecule has 0 amide bonds. The van der Waals surface area contributed by atoms with Gasteiger partial charge in [-0.1, -0.05) is 24.3 Å². The van der Waals surface area contributed by atoms with Crippen LogP contribution < -0.4 is 15.1 Å². The van der Waals surface area contributed by atoms with Crippen molar-refractivity contribution in [1.29, 1.82) is 0 Å². The van der Waals surface area contributed by atoms with Gasteiger partial charge in [0, 0.05) is 17.5 Å². The average Bonchev–Trinajstić information content (AvgIpc) is 2.61. The minimum absolute atomic E-state index is 0.232. The topological polar surface area (TPSA) is 65.7 Å². The number of carbonyl (C=O) groups is 1. The number of ether oxygens (including phenoxy) is 2. The minimum atomic E-state index is -0.548. The largest absolute Gasteiger partial charge is 0.482 e. The van der Waals surface area contributed by atoms with Gasteiger partial charge in [0.1, 0.15) is 17.1 Å². The number of carbonyl (C=O) groups excluding carboxylic acids is 1. The molecular formula is C21H18O5. The number of esters is 1. The molecule has 1 heterocycles. The van der Waals surface area contributed by atoms with E-state index in [4.69, 9.17) is 13.9 Å². The van der Waals surface area contributed by atoms with Gasteiger partial charge < -0.3 is 13.9 Å². The summed E-state index contributed by atoms with van der Waals surface area (Å²) in [4.78, 5) is 23.5. The predicted molar refractivity (Wildman–Crippen MR) is 98.7 cm³/mol. The first-order valence-corrected chi connectivity index (χ1v) is 8.13. The molecule has 0 spiro atoms. The molecule has 132 valence electrons. The van der Waals surface area contributed by atoms with Gasteiger partial charge in [-0.25, -0.2) is 9.59 Å². The smallest absolute Gasteiger partial charge is 0.349 e. The van der Waals surface area contributed by atoms with Crippen molar-refractivity contribution in [2.24, 2.45) is 0 Å². The van der Waals surface area contributed by atoms with Crippen molar-refractivity contribution in [3.05, 3.63) is 82.7 Å². The van der Waals surface area contributed by atoms with E-state index in [1.54, 1.807) is 24.3 Å². The maximum absolute atomic E-state index is 12.1. The molecule has 0 N–H and O–H groups in total. The lowest BCUT2D eigenvalue weighted by atomic mass is 10.1. The van der Waals surface area contributed by atoms with Gasteiger partial charge in [0.2, 0.25) is 0 Å². The lowest BCUT2D eigenvalue weighted by Gasteiger charge is -2.10. The lowest BCUT2D eigenvalue weighted by Crippen LogP contribution is -2.18. The van der Waals surface area contributed by atoms with E-state index in [1.807, 2.05) is 25.1 Å². The SMILES string of the molecule is C=CCc1ccccc1OCC(=O)Oc1ccc2c(C)cc(=O)oc2c1. The molecule has 0 unspecified atom stereocenters. The summed E-state index contributed by atoms with van der Waals surface area (Å²) in [6, 6.07) is 13.8. The van der Waals surface area contributed by atoms with Gasteiger partial charge in [-0.3, -0.25) is 0 Å². The molecular weight excluding hydrogens is 332 g/mol. The highest BCUT2D eigenvalue weighted by Crippen LogP contribution is 2.23. The van der Waals surface area contributed by atoms with Gasteiger partial charge >= 0.3 is 11.6 Å². The molecule has 5 heteroatoms. The van der Waals surface area contributed by atoms with E-state index in [1.165, 1.54) is 12.1 Å². The second-order valence-electron chi connectivity index (χ2n) is 5.77. The summed E-state index contributed by atoms with van der Waals surface area (Å²) >= 11 is 0. The molecule has 2 aromatic carbocycles. The number of hydrogen-bond donors (Lipinski definition) is 0. The van der Waals surface area contributed by atoms with Crippen LogP contribution in [0.5, 0.6) is 11.5 Å². The number of aryl methyl sites for hydroxylation is 1. The zero-order chi connectivity index (χ0) is 18.5. The molecule has 5 nitrogen and oxygen atoms in total. The van der Waals surface area contributed by atoms with Crippen molar-refractivity contribution in [3.63, 3.8) is 0 Å². The molecule has 0 fully saturated rings. The van der Waals surface area contributed by atoms with E-state index in [0.29, 0.717) is 23.5 Å². The Labute approximate surface area is 150 Å². The van der Waals surface area contributed by atoms with Crippen LogP contribution in [0.2, 0.25) is 0 Å². The van der Waals surface area contributed by atoms with Crippen LogP contribution in [0.25, 0.3) is 11.0 Å². The predicted octanol–water partition coefficient (Wildman–Crippen LogP) is 3.81. The van der Waals surface area contributed by atoms with Gasteiger partial charge in [0.05, 0.1) is 0 Å². The van der Waals surface area contributed by atoms with E-state index in [-0.39, 0.29) is 6.61 Å². The Morgan fingerprint density at radius 1 is 1.19 bits per heavy atom. The van der Waals surface area contributed by atoms with E-state index in [0.717, 1.165) is 16.5 Å². The number of rotatable bonds is 6. The number of benzene rings is 2. The maximum Gasteiger partial charge on any atom is 0.349 e. The van der Waals surface area contributed by atoms with Crippen molar-refractivity contribution in [1.82, 2.24) is 0 Å². The standard InChI is InChI=1S/C21H18O5/c1-3-6-15-7-4-5-8-18(15)24-13-21(23)25-16-9-10-17-14(2)11-20(22)26-19(17)12-16/h3-5,7-12H,1,6,13H2,2H3. The third kappa shape index (κ3) is 4.00. The Bertz CT molecular complexity index is 1020. The van der Waals surface area contributed by atoms with Gasteiger partial charge in [-0.05, 0) is 42.7 Å². The number of fused-ring (bicyclic) bond motifs is 1. The zero-order valence-electron chi connectivity index (χ0n) is 14.4. The van der Waals surface area contributed by atoms with Gasteiger partial charge in [0.15, 0.2) is 6.61 Å². The van der Waals surface area contributed by atoms with Crippen molar-refractivity contribution in [2.75, 3.05) is 6.61 Å². The van der Waals surface area contributed by atoms with Crippen LogP contribution in [0.15, 0.2) is 70.4 Å². The van der Waals surface area contributed by atoms with Gasteiger partial charge in [0.25, 0.3) is 0 Å². The Morgan fingerprint density at radius 2 is 2.00 bits per heavy atom. The fraction of sp³-hybridized carbons (Fsp3) is 0.143. The summed E-state index contributed by atoms with van der Waals surface area (Å²) < 4.78 is 16.0. The van der Waals surface area contributed by atoms with Crippen LogP contribution in [-0.4, -0.2) is 12.6 Å². The molecule has 0 radical (unpaired) electrons. The molecule has 26 heavy (non-hydrogen) atoms. The van der Waals surface area contributed by atoms with Crippen LogP contribution in [0, 0.1) is 6.92 Å². The Morgan fingerprint density at radius 3 is 2.81 bits per heavy atom. The van der Waals surface area contributed by atoms with Crippen LogP contribution in [-0.2, 0) is 11.2 Å². The van der Waals surface area contributed by atoms with E-state index < -0.39 is 11.6 Å². The fourth-order valence-electron chi connectivity index (χ4n) is 2.64. The van der Waals surface area contributed by atoms with E-state index >= 15 is 0 Å². The van der Waals surface area contributed by atoms with E-state index in [2.05, 4.69) is 6.58 Å². The minimum Gasteiger partial charge on any atom is -0.482 e. The van der Waals surface area contributed by atoms with Crippen LogP contribution >= 0.6 is 0 Å². The van der Waals surface area contributed by atoms with Crippen molar-refractivity contribution >= 4 is 16.9 Å². The third-order valence-electron chi connectivity index (χ3n) is 3.84. The van der Waals surface area contributed by atoms with Crippen LogP contribution in [0.1, 0.15) is 11.1 Å². The summed E-state index contributed by atoms with van der Waals surface area (Å²) in [5.41, 5.74) is 1.67. The summed E-state index contributed by atoms with van der Waals surface area (Å²) in [5.74, 6) is 0.358. The monoisotopic (exact) mass is 350 g/mol. The van der Waals surface area contributed by atoms with Crippen molar-refractivity contribution in [3.8, 4) is 11.5 Å². The summed E-state index contributed by atoms with van der Waals surface area (Å²) in [6.07, 6.45) is 2.42. The molecule has 0 bridgehead atoms. The fourth-order valence-corrected chi connectivity index (χ4v) is 2.64. The summed E-state index contributed by atoms with van der Waals surface area (Å²) in [6.45, 7) is 5.29. The molecule has 0 aliphatic carbocycles. The quantitative estimate of drug-likeness (QED) is 0.293. The van der Waals surface area contributed by atoms with Crippen molar-refractivity contribution in [2.45, 2.75) is 13.3 Å². The third-order valence-corrected chi connectivity index (χ3v) is 3.84. The second-order valence-corrected chi connectivity index (χ2v) is 5.77. The highest BCUT2D eigenvalue weighted by molar-refractivity contribution is 5.82. The van der Waals surface area contributed by atoms with Gasteiger partial charge in [-0.15, -0.1) is 6.58 Å². The van der Waals surface area contributed by atoms with Crippen LogP contribution in [0.4, 0.5) is 0 Å². The molecule has 3 aromatic rings. The van der Waals surface area contributed by atoms with Gasteiger partial charge in [-0.2, -0.15) is 0 Å². The molecule has 0 atom stereocenters. The van der Waals surface area contributed by atoms with Crippen LogP contribution in [0.3, 0.4) is 0 Å². The number of hydrogen-bond acceptors (Lipinski definition) is 5. The Kier molecular flexibility index (Phi) is 5.17. The lowest BCUT2D eigenvalue weighted by molar-refractivity contribution is -0.136. The summed E-state index contributed by atoms with van der Waals surface area (Å²) in [7, 11) is 0. The highest BCUT2D eigenvalue weighted by atomic mass is 16.6. The molecule has 3 rings (SSSR count). The Hall–Kier alpha value is -3.34. The molecule has 0 aliphatic heterocycles.